The predicted octanol–water partition coefficient (Wildman–Crippen LogP) is 1.42. The molecule has 0 atom stereocenters. The molecule has 0 spiro atoms. The maximum absolute atomic E-state index is 11.8. The normalized spacial score (nSPS) is 19.8. The minimum Gasteiger partial charge on any atom is -0.450 e. The molecule has 2 fully saturated rings. The third-order valence-electron chi connectivity index (χ3n) is 5.37. The zero-order chi connectivity index (χ0) is 19.5. The molecule has 0 radical (unpaired) electrons. The Bertz CT molecular complexity index is 463. The molecule has 0 aliphatic carbocycles. The first-order valence-electron chi connectivity index (χ1n) is 10.4. The Labute approximate surface area is 187 Å². The monoisotopic (exact) mass is 510 g/mol. The third-order valence-corrected chi connectivity index (χ3v) is 5.37. The Morgan fingerprint density at radius 3 is 2.39 bits per heavy atom. The highest BCUT2D eigenvalue weighted by molar-refractivity contribution is 14.0. The summed E-state index contributed by atoms with van der Waals surface area (Å²) in [5.41, 5.74) is 0. The van der Waals surface area contributed by atoms with Crippen molar-refractivity contribution in [2.75, 3.05) is 73.1 Å². The number of rotatable bonds is 7. The van der Waals surface area contributed by atoms with Crippen LogP contribution in [0, 0.1) is 0 Å². The van der Waals surface area contributed by atoms with E-state index in [1.807, 2.05) is 14.0 Å². The van der Waals surface area contributed by atoms with Gasteiger partial charge in [0.2, 0.25) is 0 Å². The van der Waals surface area contributed by atoms with Crippen LogP contribution in [-0.2, 0) is 4.74 Å². The van der Waals surface area contributed by atoms with Gasteiger partial charge in [-0.3, -0.25) is 4.99 Å². The number of ether oxygens (including phenoxy) is 1. The number of nitrogens with zero attached hydrogens (tertiary/aromatic N) is 4. The third kappa shape index (κ3) is 9.13. The van der Waals surface area contributed by atoms with Gasteiger partial charge in [-0.2, -0.15) is 0 Å². The Morgan fingerprint density at radius 1 is 1.11 bits per heavy atom. The van der Waals surface area contributed by atoms with E-state index in [1.165, 1.54) is 39.1 Å². The predicted molar refractivity (Wildman–Crippen MR) is 125 cm³/mol. The molecule has 8 nitrogen and oxygen atoms in total. The molecule has 164 valence electrons. The van der Waals surface area contributed by atoms with Gasteiger partial charge in [0.05, 0.1) is 6.61 Å². The maximum atomic E-state index is 11.8. The van der Waals surface area contributed by atoms with E-state index in [0.29, 0.717) is 12.6 Å². The Balaban J connectivity index is 0.00000392. The zero-order valence-electron chi connectivity index (χ0n) is 17.8. The van der Waals surface area contributed by atoms with E-state index in [0.717, 1.165) is 44.9 Å². The molecular formula is C19H39IN6O2. The first kappa shape index (κ1) is 25.2. The lowest BCUT2D eigenvalue weighted by molar-refractivity contribution is 0.0963. The van der Waals surface area contributed by atoms with Gasteiger partial charge in [0.15, 0.2) is 5.96 Å². The first-order valence-corrected chi connectivity index (χ1v) is 10.4. The van der Waals surface area contributed by atoms with Crippen molar-refractivity contribution in [1.29, 1.82) is 0 Å². The van der Waals surface area contributed by atoms with Crippen molar-refractivity contribution in [3.63, 3.8) is 0 Å². The summed E-state index contributed by atoms with van der Waals surface area (Å²) in [4.78, 5) is 22.8. The van der Waals surface area contributed by atoms with Crippen LogP contribution in [-0.4, -0.2) is 106 Å². The fourth-order valence-corrected chi connectivity index (χ4v) is 3.55. The SMILES string of the molecule is CCOC(=O)N1CCC(NC(=NC)NCCCCN2CCN(C)CC2)CC1.I. The van der Waals surface area contributed by atoms with Gasteiger partial charge in [-0.1, -0.05) is 0 Å². The molecule has 28 heavy (non-hydrogen) atoms. The van der Waals surface area contributed by atoms with E-state index in [-0.39, 0.29) is 30.1 Å². The fourth-order valence-electron chi connectivity index (χ4n) is 3.55. The summed E-state index contributed by atoms with van der Waals surface area (Å²) in [7, 11) is 4.01. The van der Waals surface area contributed by atoms with Crippen LogP contribution in [0.2, 0.25) is 0 Å². The smallest absolute Gasteiger partial charge is 0.409 e. The van der Waals surface area contributed by atoms with Gasteiger partial charge in [0.1, 0.15) is 0 Å². The second-order valence-corrected chi connectivity index (χ2v) is 7.46. The summed E-state index contributed by atoms with van der Waals surface area (Å²) in [6, 6.07) is 0.354. The number of likely N-dealkylation sites (tertiary alicyclic amines) is 1. The Hall–Kier alpha value is -0.810. The number of likely N-dealkylation sites (N-methyl/N-ethyl adjacent to an activating group) is 1. The summed E-state index contributed by atoms with van der Waals surface area (Å²) < 4.78 is 5.07. The number of amides is 1. The molecule has 0 aromatic heterocycles. The molecule has 0 unspecified atom stereocenters. The van der Waals surface area contributed by atoms with Gasteiger partial charge in [-0.05, 0) is 46.2 Å². The van der Waals surface area contributed by atoms with Gasteiger partial charge in [0, 0.05) is 58.9 Å². The van der Waals surface area contributed by atoms with Crippen LogP contribution in [0.1, 0.15) is 32.6 Å². The van der Waals surface area contributed by atoms with Crippen molar-refractivity contribution in [1.82, 2.24) is 25.3 Å². The number of carbonyl (C=O) groups excluding carboxylic acids is 1. The summed E-state index contributed by atoms with van der Waals surface area (Å²) in [6.07, 6.45) is 4.00. The second-order valence-electron chi connectivity index (χ2n) is 7.46. The van der Waals surface area contributed by atoms with Gasteiger partial charge in [-0.15, -0.1) is 24.0 Å². The summed E-state index contributed by atoms with van der Waals surface area (Å²) in [5.74, 6) is 0.865. The molecular weight excluding hydrogens is 471 g/mol. The topological polar surface area (TPSA) is 72.4 Å². The number of nitrogens with one attached hydrogen (secondary N) is 2. The summed E-state index contributed by atoms with van der Waals surface area (Å²) in [6.45, 7) is 10.6. The minimum atomic E-state index is -0.196. The lowest BCUT2D eigenvalue weighted by Gasteiger charge is -2.32. The van der Waals surface area contributed by atoms with Crippen molar-refractivity contribution < 1.29 is 9.53 Å². The number of piperidine rings is 1. The lowest BCUT2D eigenvalue weighted by atomic mass is 10.1. The van der Waals surface area contributed by atoms with Crippen molar-refractivity contribution in [3.05, 3.63) is 0 Å². The summed E-state index contributed by atoms with van der Waals surface area (Å²) in [5, 5.41) is 6.91. The van der Waals surface area contributed by atoms with Crippen LogP contribution >= 0.6 is 24.0 Å². The molecule has 0 aromatic rings. The van der Waals surface area contributed by atoms with Crippen LogP contribution in [0.5, 0.6) is 0 Å². The number of carbonyl (C=O) groups is 1. The molecule has 0 aromatic carbocycles. The van der Waals surface area contributed by atoms with Crippen molar-refractivity contribution in [3.8, 4) is 0 Å². The number of hydrogen-bond acceptors (Lipinski definition) is 5. The first-order chi connectivity index (χ1) is 13.1. The lowest BCUT2D eigenvalue weighted by Crippen LogP contribution is -2.50. The number of piperazine rings is 1. The van der Waals surface area contributed by atoms with Crippen molar-refractivity contribution in [2.24, 2.45) is 4.99 Å². The molecule has 1 amide bonds. The van der Waals surface area contributed by atoms with E-state index in [4.69, 9.17) is 4.74 Å². The average molecular weight is 510 g/mol. The number of hydrogen-bond donors (Lipinski definition) is 2. The van der Waals surface area contributed by atoms with Gasteiger partial charge < -0.3 is 30.1 Å². The highest BCUT2D eigenvalue weighted by Crippen LogP contribution is 2.11. The number of halogens is 1. The van der Waals surface area contributed by atoms with Crippen molar-refractivity contribution in [2.45, 2.75) is 38.6 Å². The van der Waals surface area contributed by atoms with Crippen LogP contribution in [0.25, 0.3) is 0 Å². The standard InChI is InChI=1S/C19H38N6O2.HI/c1-4-27-19(26)25-11-7-17(8-12-25)22-18(20-2)21-9-5-6-10-24-15-13-23(3)14-16-24;/h17H,4-16H2,1-3H3,(H2,20,21,22);1H. The van der Waals surface area contributed by atoms with Gasteiger partial charge in [-0.25, -0.2) is 4.79 Å². The van der Waals surface area contributed by atoms with E-state index < -0.39 is 0 Å². The zero-order valence-corrected chi connectivity index (χ0v) is 20.1. The maximum Gasteiger partial charge on any atom is 0.409 e. The quantitative estimate of drug-likeness (QED) is 0.234. The molecule has 2 aliphatic rings. The number of unbranched alkanes of at least 4 members (excludes halogenated alkanes) is 1. The van der Waals surface area contributed by atoms with Crippen LogP contribution in [0.15, 0.2) is 4.99 Å². The molecule has 0 bridgehead atoms. The van der Waals surface area contributed by atoms with Gasteiger partial charge >= 0.3 is 6.09 Å². The van der Waals surface area contributed by atoms with Crippen molar-refractivity contribution >= 4 is 36.0 Å². The fraction of sp³-hybridized carbons (Fsp3) is 0.895. The Morgan fingerprint density at radius 2 is 1.79 bits per heavy atom. The number of aliphatic imine (C=N–C) groups is 1. The van der Waals surface area contributed by atoms with E-state index in [9.17, 15) is 4.79 Å². The number of guanidine groups is 1. The molecule has 2 N–H and O–H groups in total. The average Bonchev–Trinajstić information content (AvgIpc) is 2.69. The molecule has 2 heterocycles. The molecule has 2 aliphatic heterocycles. The molecule has 2 saturated heterocycles. The molecule has 0 saturated carbocycles. The summed E-state index contributed by atoms with van der Waals surface area (Å²) >= 11 is 0. The highest BCUT2D eigenvalue weighted by Gasteiger charge is 2.24. The minimum absolute atomic E-state index is 0. The van der Waals surface area contributed by atoms with Gasteiger partial charge in [0.25, 0.3) is 0 Å². The van der Waals surface area contributed by atoms with Crippen LogP contribution in [0.4, 0.5) is 4.79 Å². The van der Waals surface area contributed by atoms with E-state index in [2.05, 4.69) is 32.5 Å². The second kappa shape index (κ2) is 14.2. The Kier molecular flexibility index (Phi) is 12.8. The van der Waals surface area contributed by atoms with Crippen LogP contribution < -0.4 is 10.6 Å². The highest BCUT2D eigenvalue weighted by atomic mass is 127. The largest absolute Gasteiger partial charge is 0.450 e. The molecule has 2 rings (SSSR count). The van der Waals surface area contributed by atoms with Crippen LogP contribution in [0.3, 0.4) is 0 Å². The molecule has 9 heteroatoms. The van der Waals surface area contributed by atoms with E-state index in [1.54, 1.807) is 4.90 Å². The van der Waals surface area contributed by atoms with E-state index >= 15 is 0 Å².